The van der Waals surface area contributed by atoms with E-state index in [9.17, 15) is 14.4 Å². The van der Waals surface area contributed by atoms with E-state index in [1.807, 2.05) is 0 Å². The fourth-order valence-corrected chi connectivity index (χ4v) is 0.743. The lowest BCUT2D eigenvalue weighted by Gasteiger charge is -1.88. The van der Waals surface area contributed by atoms with Gasteiger partial charge in [0.1, 0.15) is 0 Å². The third-order valence-electron chi connectivity index (χ3n) is 1.44. The van der Waals surface area contributed by atoms with Gasteiger partial charge in [0.05, 0.1) is 6.42 Å². The number of carboxylic acids is 2. The van der Waals surface area contributed by atoms with E-state index in [0.717, 1.165) is 6.08 Å². The largest absolute Gasteiger partial charge is 0.481 e. The van der Waals surface area contributed by atoms with Crippen molar-refractivity contribution in [3.8, 4) is 0 Å². The van der Waals surface area contributed by atoms with Gasteiger partial charge in [-0.2, -0.15) is 0 Å². The predicted molar refractivity (Wildman–Crippen MR) is 56.9 cm³/mol. The first-order valence-electron chi connectivity index (χ1n) is 4.51. The van der Waals surface area contributed by atoms with Gasteiger partial charge < -0.3 is 10.2 Å². The first kappa shape index (κ1) is 13.8. The van der Waals surface area contributed by atoms with Crippen LogP contribution < -0.4 is 0 Å². The van der Waals surface area contributed by atoms with Gasteiger partial charge in [-0.3, -0.25) is 9.59 Å². The third-order valence-corrected chi connectivity index (χ3v) is 1.44. The van der Waals surface area contributed by atoms with Crippen LogP contribution in [0.3, 0.4) is 0 Å². The molecule has 0 unspecified atom stereocenters. The zero-order chi connectivity index (χ0) is 12.4. The molecule has 0 radical (unpaired) electrons. The molecular weight excluding hydrogens is 212 g/mol. The number of ketones is 1. The minimum Gasteiger partial charge on any atom is -0.481 e. The Morgan fingerprint density at radius 2 is 1.38 bits per heavy atom. The molecule has 5 nitrogen and oxygen atoms in total. The Morgan fingerprint density at radius 3 is 1.88 bits per heavy atom. The fourth-order valence-electron chi connectivity index (χ4n) is 0.743. The molecule has 0 aromatic heterocycles. The van der Waals surface area contributed by atoms with Gasteiger partial charge in [0, 0.05) is 12.5 Å². The van der Waals surface area contributed by atoms with Crippen LogP contribution in [0.4, 0.5) is 0 Å². The Kier molecular flexibility index (Phi) is 7.06. The van der Waals surface area contributed by atoms with Crippen molar-refractivity contribution in [1.82, 2.24) is 0 Å². The van der Waals surface area contributed by atoms with Crippen LogP contribution in [0.2, 0.25) is 0 Å². The summed E-state index contributed by atoms with van der Waals surface area (Å²) in [7, 11) is 0. The van der Waals surface area contributed by atoms with E-state index >= 15 is 0 Å². The van der Waals surface area contributed by atoms with Crippen molar-refractivity contribution in [3.05, 3.63) is 36.5 Å². The van der Waals surface area contributed by atoms with Gasteiger partial charge in [0.2, 0.25) is 0 Å². The van der Waals surface area contributed by atoms with Crippen molar-refractivity contribution in [2.45, 2.75) is 12.8 Å². The third kappa shape index (κ3) is 9.91. The summed E-state index contributed by atoms with van der Waals surface area (Å²) in [5, 5.41) is 16.5. The highest BCUT2D eigenvalue weighted by atomic mass is 16.4. The Hall–Kier alpha value is -2.17. The first-order valence-corrected chi connectivity index (χ1v) is 4.51. The monoisotopic (exact) mass is 224 g/mol. The van der Waals surface area contributed by atoms with E-state index in [4.69, 9.17) is 10.2 Å². The zero-order valence-corrected chi connectivity index (χ0v) is 8.50. The van der Waals surface area contributed by atoms with Crippen molar-refractivity contribution >= 4 is 17.7 Å². The number of carbonyl (C=O) groups is 3. The molecule has 0 fully saturated rings. The predicted octanol–water partition coefficient (Wildman–Crippen LogP) is 1.17. The number of hydrogen-bond acceptors (Lipinski definition) is 3. The molecule has 86 valence electrons. The summed E-state index contributed by atoms with van der Waals surface area (Å²) in [6.07, 6.45) is 7.65. The molecule has 0 aliphatic carbocycles. The van der Waals surface area contributed by atoms with Crippen molar-refractivity contribution in [2.75, 3.05) is 0 Å². The molecule has 0 aliphatic rings. The van der Waals surface area contributed by atoms with Crippen LogP contribution in [0.1, 0.15) is 12.8 Å². The Balaban J connectivity index is 3.87. The minimum absolute atomic E-state index is 0.0371. The fraction of sp³-hybridized carbons (Fsp3) is 0.182. The smallest absolute Gasteiger partial charge is 0.328 e. The Morgan fingerprint density at radius 1 is 0.812 bits per heavy atom. The maximum absolute atomic E-state index is 11.0. The van der Waals surface area contributed by atoms with Crippen molar-refractivity contribution < 1.29 is 24.6 Å². The molecule has 0 atom stereocenters. The lowest BCUT2D eigenvalue weighted by molar-refractivity contribution is -0.138. The molecule has 0 rings (SSSR count). The van der Waals surface area contributed by atoms with Crippen LogP contribution >= 0.6 is 0 Å². The molecule has 0 saturated carbocycles. The Bertz CT molecular complexity index is 349. The molecule has 0 aliphatic heterocycles. The summed E-state index contributed by atoms with van der Waals surface area (Å²) in [5.41, 5.74) is 0. The quantitative estimate of drug-likeness (QED) is 0.500. The summed E-state index contributed by atoms with van der Waals surface area (Å²) >= 11 is 0. The van der Waals surface area contributed by atoms with E-state index in [1.165, 1.54) is 30.4 Å². The second-order valence-electron chi connectivity index (χ2n) is 2.80. The number of carbonyl (C=O) groups excluding carboxylic acids is 1. The van der Waals surface area contributed by atoms with E-state index < -0.39 is 11.9 Å². The molecule has 0 spiro atoms. The number of rotatable bonds is 7. The number of carboxylic acid groups (broad SMARTS) is 2. The first-order chi connectivity index (χ1) is 7.52. The van der Waals surface area contributed by atoms with Gasteiger partial charge in [-0.25, -0.2) is 4.79 Å². The summed E-state index contributed by atoms with van der Waals surface area (Å²) in [4.78, 5) is 31.2. The number of aliphatic carboxylic acids is 2. The summed E-state index contributed by atoms with van der Waals surface area (Å²) < 4.78 is 0. The normalized spacial score (nSPS) is 11.5. The SMILES string of the molecule is O=C(O)C=CC=CC=CC(=O)CCC(=O)O. The molecule has 0 aromatic rings. The van der Waals surface area contributed by atoms with Gasteiger partial charge in [0.25, 0.3) is 0 Å². The van der Waals surface area contributed by atoms with Crippen molar-refractivity contribution in [1.29, 1.82) is 0 Å². The molecule has 2 N–H and O–H groups in total. The molecule has 0 amide bonds. The van der Waals surface area contributed by atoms with Crippen LogP contribution in [-0.4, -0.2) is 27.9 Å². The van der Waals surface area contributed by atoms with Gasteiger partial charge >= 0.3 is 11.9 Å². The van der Waals surface area contributed by atoms with Crippen molar-refractivity contribution in [3.63, 3.8) is 0 Å². The van der Waals surface area contributed by atoms with Crippen LogP contribution in [0.5, 0.6) is 0 Å². The standard InChI is InChI=1S/C11H12O5/c12-9(7-8-11(15)16)5-3-1-2-4-6-10(13)14/h1-6H,7-8H2,(H,13,14)(H,15,16). The molecule has 0 saturated heterocycles. The van der Waals surface area contributed by atoms with E-state index in [0.29, 0.717) is 0 Å². The molecule has 0 aromatic carbocycles. The minimum atomic E-state index is -1.05. The van der Waals surface area contributed by atoms with E-state index in [1.54, 1.807) is 0 Å². The van der Waals surface area contributed by atoms with Gasteiger partial charge in [-0.05, 0) is 6.08 Å². The summed E-state index contributed by atoms with van der Waals surface area (Å²) in [6.45, 7) is 0. The summed E-state index contributed by atoms with van der Waals surface area (Å²) in [6, 6.07) is 0. The van der Waals surface area contributed by atoms with Crippen LogP contribution in [0, 0.1) is 0 Å². The van der Waals surface area contributed by atoms with E-state index in [-0.39, 0.29) is 18.6 Å². The van der Waals surface area contributed by atoms with Crippen molar-refractivity contribution in [2.24, 2.45) is 0 Å². The average Bonchev–Trinajstić information content (AvgIpc) is 2.19. The highest BCUT2D eigenvalue weighted by molar-refractivity contribution is 5.91. The zero-order valence-electron chi connectivity index (χ0n) is 8.50. The Labute approximate surface area is 92.4 Å². The second kappa shape index (κ2) is 8.16. The number of allylic oxidation sites excluding steroid dienone is 5. The molecule has 5 heteroatoms. The average molecular weight is 224 g/mol. The maximum Gasteiger partial charge on any atom is 0.328 e. The second-order valence-corrected chi connectivity index (χ2v) is 2.80. The number of hydrogen-bond donors (Lipinski definition) is 2. The summed E-state index contributed by atoms with van der Waals surface area (Å²) in [5.74, 6) is -2.35. The topological polar surface area (TPSA) is 91.7 Å². The van der Waals surface area contributed by atoms with Gasteiger partial charge in [0.15, 0.2) is 5.78 Å². The molecule has 0 bridgehead atoms. The van der Waals surface area contributed by atoms with Gasteiger partial charge in [-0.15, -0.1) is 0 Å². The highest BCUT2D eigenvalue weighted by Crippen LogP contribution is 1.92. The van der Waals surface area contributed by atoms with Gasteiger partial charge in [-0.1, -0.05) is 24.3 Å². The van der Waals surface area contributed by atoms with Crippen LogP contribution in [0.25, 0.3) is 0 Å². The lowest BCUT2D eigenvalue weighted by Crippen LogP contribution is -1.99. The highest BCUT2D eigenvalue weighted by Gasteiger charge is 2.00. The van der Waals surface area contributed by atoms with Crippen LogP contribution in [0.15, 0.2) is 36.5 Å². The molecule has 0 heterocycles. The molecular formula is C11H12O5. The lowest BCUT2D eigenvalue weighted by atomic mass is 10.2. The van der Waals surface area contributed by atoms with Crippen LogP contribution in [-0.2, 0) is 14.4 Å². The molecule has 16 heavy (non-hydrogen) atoms. The van der Waals surface area contributed by atoms with E-state index in [2.05, 4.69) is 0 Å². The maximum atomic E-state index is 11.0.